The topological polar surface area (TPSA) is 34.1 Å². The molecule has 0 spiro atoms. The van der Waals surface area contributed by atoms with Crippen LogP contribution >= 0.6 is 0 Å². The summed E-state index contributed by atoms with van der Waals surface area (Å²) in [5.41, 5.74) is 0.709. The molecule has 0 heterocycles. The molecule has 0 fully saturated rings. The molecule has 0 saturated heterocycles. The van der Waals surface area contributed by atoms with Crippen molar-refractivity contribution in [2.45, 2.75) is 19.6 Å². The van der Waals surface area contributed by atoms with Crippen LogP contribution in [0.1, 0.15) is 5.56 Å². The third kappa shape index (κ3) is 3.57. The maximum absolute atomic E-state index is 13.2. The third-order valence-corrected chi connectivity index (χ3v) is 6.93. The molecule has 2 nitrogen and oxygen atoms in total. The van der Waals surface area contributed by atoms with Gasteiger partial charge < -0.3 is 0 Å². The second-order valence-corrected chi connectivity index (χ2v) is 11.3. The van der Waals surface area contributed by atoms with Crippen molar-refractivity contribution in [1.29, 1.82) is 0 Å². The number of benzene rings is 1. The van der Waals surface area contributed by atoms with Crippen LogP contribution < -0.4 is 0 Å². The smallest absolute Gasteiger partial charge is 0.190 e. The van der Waals surface area contributed by atoms with Crippen LogP contribution in [0.3, 0.4) is 0 Å². The van der Waals surface area contributed by atoms with E-state index in [0.29, 0.717) is 5.56 Å². The normalized spacial score (nSPS) is 13.9. The first-order chi connectivity index (χ1) is 7.21. The van der Waals surface area contributed by atoms with Gasteiger partial charge in [0, 0.05) is 0 Å². The summed E-state index contributed by atoms with van der Waals surface area (Å²) in [7, 11) is -6.80. The predicted octanol–water partition coefficient (Wildman–Crippen LogP) is 3.20. The van der Waals surface area contributed by atoms with E-state index in [9.17, 15) is 12.3 Å². The molecule has 1 rings (SSSR count). The maximum atomic E-state index is 13.2. The fourth-order valence-electron chi connectivity index (χ4n) is 1.35. The summed E-state index contributed by atoms with van der Waals surface area (Å²) in [5.74, 6) is 0. The van der Waals surface area contributed by atoms with Crippen LogP contribution in [0, 0.1) is 0 Å². The van der Waals surface area contributed by atoms with Crippen LogP contribution in [0.15, 0.2) is 34.9 Å². The standard InChI is InChI=1S/C11H15FO2SSi/c1-16(2,3)11(15(12,13)14)9-10-7-5-4-6-8-10/h4-9H,1-3H3/b11-9-. The zero-order chi connectivity index (χ0) is 12.4. The molecule has 88 valence electrons. The monoisotopic (exact) mass is 258 g/mol. The fraction of sp³-hybridized carbons (Fsp3) is 0.273. The van der Waals surface area contributed by atoms with Gasteiger partial charge in [0.05, 0.1) is 12.6 Å². The lowest BCUT2D eigenvalue weighted by atomic mass is 10.2. The molecule has 5 heteroatoms. The van der Waals surface area contributed by atoms with Crippen molar-refractivity contribution in [2.24, 2.45) is 0 Å². The van der Waals surface area contributed by atoms with Crippen molar-refractivity contribution >= 4 is 24.4 Å². The maximum Gasteiger partial charge on any atom is 0.324 e. The Labute approximate surface area is 97.0 Å². The molecule has 0 atom stereocenters. The van der Waals surface area contributed by atoms with Gasteiger partial charge in [-0.2, -0.15) is 8.42 Å². The van der Waals surface area contributed by atoms with Crippen LogP contribution in [0.2, 0.25) is 19.6 Å². The molecule has 0 saturated carbocycles. The van der Waals surface area contributed by atoms with Gasteiger partial charge in [0.1, 0.15) is 0 Å². The SMILES string of the molecule is C[Si](C)(C)/C(=C\c1ccccc1)S(=O)(=O)F. The summed E-state index contributed by atoms with van der Waals surface area (Å²) in [6, 6.07) is 8.92. The van der Waals surface area contributed by atoms with E-state index in [2.05, 4.69) is 0 Å². The number of rotatable bonds is 3. The Kier molecular flexibility index (Phi) is 3.70. The van der Waals surface area contributed by atoms with Gasteiger partial charge in [0.2, 0.25) is 0 Å². The molecule has 0 amide bonds. The van der Waals surface area contributed by atoms with Gasteiger partial charge in [-0.05, 0) is 11.6 Å². The Morgan fingerprint density at radius 2 is 1.69 bits per heavy atom. The number of hydrogen-bond donors (Lipinski definition) is 0. The minimum atomic E-state index is -4.60. The Bertz CT molecular complexity index is 486. The fourth-order valence-corrected chi connectivity index (χ4v) is 5.16. The molecular weight excluding hydrogens is 243 g/mol. The highest BCUT2D eigenvalue weighted by Gasteiger charge is 2.30. The largest absolute Gasteiger partial charge is 0.324 e. The minimum Gasteiger partial charge on any atom is -0.190 e. The number of hydrogen-bond acceptors (Lipinski definition) is 2. The van der Waals surface area contributed by atoms with E-state index >= 15 is 0 Å². The van der Waals surface area contributed by atoms with E-state index in [-0.39, 0.29) is 4.53 Å². The van der Waals surface area contributed by atoms with Crippen molar-refractivity contribution in [3.63, 3.8) is 0 Å². The Morgan fingerprint density at radius 1 is 1.19 bits per heavy atom. The Morgan fingerprint density at radius 3 is 2.06 bits per heavy atom. The predicted molar refractivity (Wildman–Crippen MR) is 67.8 cm³/mol. The molecule has 0 aliphatic rings. The van der Waals surface area contributed by atoms with Gasteiger partial charge in [0.25, 0.3) is 0 Å². The molecular formula is C11H15FO2SSi. The molecule has 0 aliphatic heterocycles. The van der Waals surface area contributed by atoms with Gasteiger partial charge in [-0.1, -0.05) is 50.0 Å². The van der Waals surface area contributed by atoms with Crippen molar-refractivity contribution in [3.05, 3.63) is 40.4 Å². The highest BCUT2D eigenvalue weighted by molar-refractivity contribution is 7.93. The summed E-state index contributed by atoms with van der Waals surface area (Å²) >= 11 is 0. The van der Waals surface area contributed by atoms with Crippen LogP contribution in [0.4, 0.5) is 3.89 Å². The zero-order valence-electron chi connectivity index (χ0n) is 9.57. The van der Waals surface area contributed by atoms with Crippen LogP contribution in [0.5, 0.6) is 0 Å². The van der Waals surface area contributed by atoms with Gasteiger partial charge in [-0.25, -0.2) is 0 Å². The zero-order valence-corrected chi connectivity index (χ0v) is 11.4. The van der Waals surface area contributed by atoms with E-state index in [1.807, 2.05) is 6.07 Å². The van der Waals surface area contributed by atoms with E-state index in [1.165, 1.54) is 6.08 Å². The number of halogens is 1. The Balaban J connectivity index is 3.30. The van der Waals surface area contributed by atoms with Crippen LogP contribution in [0.25, 0.3) is 6.08 Å². The van der Waals surface area contributed by atoms with Gasteiger partial charge >= 0.3 is 10.2 Å². The highest BCUT2D eigenvalue weighted by Crippen LogP contribution is 2.24. The average Bonchev–Trinajstić information content (AvgIpc) is 2.12. The molecule has 0 bridgehead atoms. The second kappa shape index (κ2) is 4.51. The highest BCUT2D eigenvalue weighted by atomic mass is 32.3. The molecule has 1 aromatic carbocycles. The molecule has 16 heavy (non-hydrogen) atoms. The molecule has 0 aliphatic carbocycles. The summed E-state index contributed by atoms with van der Waals surface area (Å²) in [5, 5.41) is 0. The summed E-state index contributed by atoms with van der Waals surface area (Å²) in [4.78, 5) is 0. The average molecular weight is 258 g/mol. The quantitative estimate of drug-likeness (QED) is 0.616. The van der Waals surface area contributed by atoms with Gasteiger partial charge in [-0.15, -0.1) is 3.89 Å². The minimum absolute atomic E-state index is 0.0637. The van der Waals surface area contributed by atoms with E-state index < -0.39 is 18.3 Å². The van der Waals surface area contributed by atoms with Crippen LogP contribution in [-0.2, 0) is 10.2 Å². The lowest BCUT2D eigenvalue weighted by molar-refractivity contribution is 0.561. The van der Waals surface area contributed by atoms with Gasteiger partial charge in [0.15, 0.2) is 0 Å². The molecule has 0 aromatic heterocycles. The third-order valence-electron chi connectivity index (χ3n) is 2.10. The van der Waals surface area contributed by atoms with E-state index in [4.69, 9.17) is 0 Å². The lowest BCUT2D eigenvalue weighted by Crippen LogP contribution is -2.27. The summed E-state index contributed by atoms with van der Waals surface area (Å²) in [6.07, 6.45) is 1.43. The van der Waals surface area contributed by atoms with E-state index in [0.717, 1.165) is 0 Å². The first-order valence-corrected chi connectivity index (χ1v) is 9.81. The van der Waals surface area contributed by atoms with Crippen molar-refractivity contribution in [3.8, 4) is 0 Å². The molecule has 1 aromatic rings. The van der Waals surface area contributed by atoms with Crippen LogP contribution in [-0.4, -0.2) is 16.5 Å². The first-order valence-electron chi connectivity index (χ1n) is 4.93. The van der Waals surface area contributed by atoms with Crippen molar-refractivity contribution < 1.29 is 12.3 Å². The lowest BCUT2D eigenvalue weighted by Gasteiger charge is -2.16. The van der Waals surface area contributed by atoms with Gasteiger partial charge in [-0.3, -0.25) is 0 Å². The van der Waals surface area contributed by atoms with E-state index in [1.54, 1.807) is 43.9 Å². The molecule has 0 unspecified atom stereocenters. The summed E-state index contributed by atoms with van der Waals surface area (Å²) < 4.78 is 35.3. The van der Waals surface area contributed by atoms with Crippen molar-refractivity contribution in [1.82, 2.24) is 0 Å². The molecule has 0 N–H and O–H groups in total. The summed E-state index contributed by atoms with van der Waals surface area (Å²) in [6.45, 7) is 5.41. The first kappa shape index (κ1) is 13.1. The molecule has 0 radical (unpaired) electrons. The Hall–Kier alpha value is -0.943. The van der Waals surface area contributed by atoms with Crippen molar-refractivity contribution in [2.75, 3.05) is 0 Å². The second-order valence-electron chi connectivity index (χ2n) is 4.61.